The summed E-state index contributed by atoms with van der Waals surface area (Å²) in [6.07, 6.45) is 0. The van der Waals surface area contributed by atoms with E-state index in [9.17, 15) is 4.79 Å². The monoisotopic (exact) mass is 197 g/mol. The Balaban J connectivity index is 2.57. The van der Waals surface area contributed by atoms with Gasteiger partial charge in [0.25, 0.3) is 0 Å². The first kappa shape index (κ1) is 8.51. The molecular weight excluding hydrogens is 190 g/mol. The molecule has 0 radical (unpaired) electrons. The van der Waals surface area contributed by atoms with Crippen molar-refractivity contribution in [3.63, 3.8) is 0 Å². The van der Waals surface area contributed by atoms with Crippen LogP contribution in [0.2, 0.25) is 5.15 Å². The van der Waals surface area contributed by atoms with Gasteiger partial charge in [-0.05, 0) is 26.0 Å². The van der Waals surface area contributed by atoms with Gasteiger partial charge in [0.1, 0.15) is 5.15 Å². The third-order valence-corrected chi connectivity index (χ3v) is 2.18. The Hall–Kier alpha value is -1.09. The van der Waals surface area contributed by atoms with Gasteiger partial charge < -0.3 is 4.74 Å². The van der Waals surface area contributed by atoms with E-state index in [4.69, 9.17) is 16.3 Å². The van der Waals surface area contributed by atoms with Gasteiger partial charge in [0.2, 0.25) is 11.7 Å². The maximum Gasteiger partial charge on any atom is 0.226 e. The number of pyridine rings is 1. The summed E-state index contributed by atoms with van der Waals surface area (Å²) in [5.74, 6) is 0.286. The highest BCUT2D eigenvalue weighted by Crippen LogP contribution is 2.33. The molecule has 3 nitrogen and oxygen atoms in total. The Bertz CT molecular complexity index is 387. The summed E-state index contributed by atoms with van der Waals surface area (Å²) in [4.78, 5) is 15.5. The number of fused-ring (bicyclic) bond motifs is 1. The van der Waals surface area contributed by atoms with Crippen LogP contribution in [0.5, 0.6) is 5.88 Å². The quantitative estimate of drug-likeness (QED) is 0.598. The summed E-state index contributed by atoms with van der Waals surface area (Å²) >= 11 is 5.66. The fraction of sp³-hybridized carbons (Fsp3) is 0.333. The Morgan fingerprint density at radius 1 is 1.46 bits per heavy atom. The molecule has 0 aliphatic carbocycles. The third kappa shape index (κ3) is 1.20. The van der Waals surface area contributed by atoms with Crippen LogP contribution in [0.4, 0.5) is 0 Å². The first-order chi connectivity index (χ1) is 6.00. The number of hydrogen-bond donors (Lipinski definition) is 0. The van der Waals surface area contributed by atoms with Crippen LogP contribution >= 0.6 is 11.6 Å². The average Bonchev–Trinajstić information content (AvgIpc) is 2.22. The fourth-order valence-corrected chi connectivity index (χ4v) is 1.42. The second-order valence-electron chi connectivity index (χ2n) is 3.43. The zero-order valence-corrected chi connectivity index (χ0v) is 8.05. The number of carbonyl (C=O) groups excluding carboxylic acids is 1. The van der Waals surface area contributed by atoms with E-state index in [1.165, 1.54) is 0 Å². The molecule has 1 aliphatic rings. The molecule has 0 saturated carbocycles. The number of nitrogens with zero attached hydrogens (tertiary/aromatic N) is 1. The molecule has 0 amide bonds. The van der Waals surface area contributed by atoms with Crippen LogP contribution < -0.4 is 4.74 Å². The highest BCUT2D eigenvalue weighted by atomic mass is 35.5. The van der Waals surface area contributed by atoms with Gasteiger partial charge in [0.15, 0.2) is 5.60 Å². The number of Topliss-reactive ketones (excluding diaryl/α,β-unsaturated/α-hetero) is 1. The minimum atomic E-state index is -0.806. The van der Waals surface area contributed by atoms with Gasteiger partial charge in [-0.3, -0.25) is 4.79 Å². The number of carbonyl (C=O) groups is 1. The third-order valence-electron chi connectivity index (χ3n) is 1.97. The number of ketones is 1. The van der Waals surface area contributed by atoms with Crippen molar-refractivity contribution < 1.29 is 9.53 Å². The minimum absolute atomic E-state index is 0.0494. The molecule has 0 fully saturated rings. The summed E-state index contributed by atoms with van der Waals surface area (Å²) in [5, 5.41) is 0.337. The Morgan fingerprint density at radius 3 is 2.85 bits per heavy atom. The van der Waals surface area contributed by atoms with Gasteiger partial charge in [-0.25, -0.2) is 4.98 Å². The van der Waals surface area contributed by atoms with E-state index in [0.717, 1.165) is 0 Å². The highest BCUT2D eigenvalue weighted by molar-refractivity contribution is 6.29. The molecule has 0 aromatic carbocycles. The second-order valence-corrected chi connectivity index (χ2v) is 3.82. The van der Waals surface area contributed by atoms with Crippen molar-refractivity contribution >= 4 is 17.4 Å². The second kappa shape index (κ2) is 2.45. The Morgan fingerprint density at radius 2 is 2.15 bits per heavy atom. The van der Waals surface area contributed by atoms with Crippen molar-refractivity contribution in [1.29, 1.82) is 0 Å². The van der Waals surface area contributed by atoms with Gasteiger partial charge in [-0.2, -0.15) is 0 Å². The van der Waals surface area contributed by atoms with Gasteiger partial charge in [-0.1, -0.05) is 11.6 Å². The Labute approximate surface area is 80.7 Å². The zero-order chi connectivity index (χ0) is 9.64. The molecule has 1 aromatic rings. The number of aromatic nitrogens is 1. The lowest BCUT2D eigenvalue weighted by molar-refractivity contribution is 0.0675. The van der Waals surface area contributed by atoms with Crippen molar-refractivity contribution in [1.82, 2.24) is 4.98 Å². The van der Waals surface area contributed by atoms with Crippen LogP contribution in [0, 0.1) is 0 Å². The van der Waals surface area contributed by atoms with Gasteiger partial charge in [0.05, 0.1) is 5.56 Å². The molecule has 2 heterocycles. The normalized spacial score (nSPS) is 18.2. The molecule has 0 unspecified atom stereocenters. The Kier molecular flexibility index (Phi) is 1.60. The molecule has 2 rings (SSSR count). The molecular formula is C9H8ClNO2. The molecule has 0 saturated heterocycles. The number of rotatable bonds is 0. The molecule has 68 valence electrons. The lowest BCUT2D eigenvalue weighted by Crippen LogP contribution is -2.32. The van der Waals surface area contributed by atoms with E-state index < -0.39 is 5.60 Å². The summed E-state index contributed by atoms with van der Waals surface area (Å²) < 4.78 is 5.34. The van der Waals surface area contributed by atoms with Crippen LogP contribution in [0.25, 0.3) is 0 Å². The lowest BCUT2D eigenvalue weighted by atomic mass is 10.0. The van der Waals surface area contributed by atoms with Crippen LogP contribution in [0.15, 0.2) is 12.1 Å². The summed E-state index contributed by atoms with van der Waals surface area (Å²) in [5.41, 5.74) is -0.297. The first-order valence-corrected chi connectivity index (χ1v) is 4.29. The highest BCUT2D eigenvalue weighted by Gasteiger charge is 2.40. The van der Waals surface area contributed by atoms with Gasteiger partial charge >= 0.3 is 0 Å². The largest absolute Gasteiger partial charge is 0.463 e. The van der Waals surface area contributed by atoms with Crippen molar-refractivity contribution in [3.8, 4) is 5.88 Å². The maximum absolute atomic E-state index is 11.6. The first-order valence-electron chi connectivity index (χ1n) is 3.91. The van der Waals surface area contributed by atoms with E-state index in [1.807, 2.05) is 0 Å². The van der Waals surface area contributed by atoms with Gasteiger partial charge in [-0.15, -0.1) is 0 Å². The predicted octanol–water partition coefficient (Wildman–Crippen LogP) is 2.09. The van der Waals surface area contributed by atoms with Crippen LogP contribution in [0.1, 0.15) is 24.2 Å². The van der Waals surface area contributed by atoms with Crippen LogP contribution in [-0.4, -0.2) is 16.4 Å². The average molecular weight is 198 g/mol. The molecule has 13 heavy (non-hydrogen) atoms. The molecule has 0 bridgehead atoms. The molecule has 4 heteroatoms. The molecule has 0 N–H and O–H groups in total. The van der Waals surface area contributed by atoms with E-state index >= 15 is 0 Å². The topological polar surface area (TPSA) is 39.2 Å². The SMILES string of the molecule is CC1(C)Oc2nc(Cl)ccc2C1=O. The summed E-state index contributed by atoms with van der Waals surface area (Å²) in [6.45, 7) is 3.43. The maximum atomic E-state index is 11.6. The standard InChI is InChI=1S/C9H8ClNO2/c1-9(2)7(12)5-3-4-6(10)11-8(5)13-9/h3-4H,1-2H3. The van der Waals surface area contributed by atoms with Crippen LogP contribution in [-0.2, 0) is 0 Å². The molecule has 0 spiro atoms. The summed E-state index contributed by atoms with van der Waals surface area (Å²) in [7, 11) is 0. The molecule has 1 aliphatic heterocycles. The van der Waals surface area contributed by atoms with Crippen molar-refractivity contribution in [2.24, 2.45) is 0 Å². The zero-order valence-electron chi connectivity index (χ0n) is 7.30. The molecule has 0 atom stereocenters. The van der Waals surface area contributed by atoms with Gasteiger partial charge in [0, 0.05) is 0 Å². The van der Waals surface area contributed by atoms with Crippen molar-refractivity contribution in [3.05, 3.63) is 22.8 Å². The fourth-order valence-electron chi connectivity index (χ4n) is 1.28. The predicted molar refractivity (Wildman–Crippen MR) is 48.3 cm³/mol. The lowest BCUT2D eigenvalue weighted by Gasteiger charge is -2.14. The number of hydrogen-bond acceptors (Lipinski definition) is 3. The van der Waals surface area contributed by atoms with Crippen LogP contribution in [0.3, 0.4) is 0 Å². The van der Waals surface area contributed by atoms with E-state index in [0.29, 0.717) is 16.6 Å². The smallest absolute Gasteiger partial charge is 0.226 e. The number of ether oxygens (including phenoxy) is 1. The van der Waals surface area contributed by atoms with E-state index in [1.54, 1.807) is 26.0 Å². The molecule has 1 aromatic heterocycles. The van der Waals surface area contributed by atoms with E-state index in [2.05, 4.69) is 4.98 Å². The van der Waals surface area contributed by atoms with Crippen molar-refractivity contribution in [2.75, 3.05) is 0 Å². The minimum Gasteiger partial charge on any atom is -0.463 e. The van der Waals surface area contributed by atoms with E-state index in [-0.39, 0.29) is 5.78 Å². The summed E-state index contributed by atoms with van der Waals surface area (Å²) in [6, 6.07) is 3.23. The number of halogens is 1. The van der Waals surface area contributed by atoms with Crippen molar-refractivity contribution in [2.45, 2.75) is 19.4 Å².